The molecule has 3 aliphatic heterocycles. The van der Waals surface area contributed by atoms with Gasteiger partial charge in [0.05, 0.1) is 29.3 Å². The normalized spacial score (nSPS) is 22.9. The van der Waals surface area contributed by atoms with Gasteiger partial charge in [-0.05, 0) is 89.1 Å². The summed E-state index contributed by atoms with van der Waals surface area (Å²) in [7, 11) is 0. The smallest absolute Gasteiger partial charge is 0.261 e. The minimum atomic E-state index is -1.23. The molecule has 310 valence electrons. The molecule has 2 aromatic carbocycles. The molecule has 16 heteroatoms. The predicted molar refractivity (Wildman–Crippen MR) is 217 cm³/mol. The zero-order chi connectivity index (χ0) is 41.0. The van der Waals surface area contributed by atoms with Gasteiger partial charge in [-0.3, -0.25) is 34.2 Å². The van der Waals surface area contributed by atoms with Gasteiger partial charge in [0.15, 0.2) is 5.65 Å². The number of nitrogens with one attached hydrogen (secondary N) is 2. The molecule has 6 heterocycles. The fourth-order valence-electron chi connectivity index (χ4n) is 9.76. The zero-order valence-electron chi connectivity index (χ0n) is 33.4. The molecule has 1 aliphatic carbocycles. The second-order valence-electron chi connectivity index (χ2n) is 17.1. The summed E-state index contributed by atoms with van der Waals surface area (Å²) in [5.74, 6) is -3.90. The number of imide groups is 1. The number of piperidine rings is 2. The van der Waals surface area contributed by atoms with Crippen molar-refractivity contribution in [2.24, 2.45) is 0 Å². The van der Waals surface area contributed by atoms with E-state index in [-0.39, 0.29) is 30.4 Å². The van der Waals surface area contributed by atoms with Crippen LogP contribution in [0.2, 0.25) is 0 Å². The molecule has 59 heavy (non-hydrogen) atoms. The highest BCUT2D eigenvalue weighted by atomic mass is 19.1. The summed E-state index contributed by atoms with van der Waals surface area (Å²) in [6, 6.07) is 9.37. The molecule has 0 spiro atoms. The number of carbonyl (C=O) groups excluding carboxylic acids is 3. The lowest BCUT2D eigenvalue weighted by Gasteiger charge is -2.46. The fourth-order valence-corrected chi connectivity index (χ4v) is 9.76. The first-order valence-electron chi connectivity index (χ1n) is 20.8. The van der Waals surface area contributed by atoms with Crippen molar-refractivity contribution in [2.75, 3.05) is 49.5 Å². The van der Waals surface area contributed by atoms with Crippen molar-refractivity contribution in [1.82, 2.24) is 39.5 Å². The minimum absolute atomic E-state index is 0.0642. The summed E-state index contributed by atoms with van der Waals surface area (Å²) in [6.45, 7) is 8.81. The van der Waals surface area contributed by atoms with Crippen molar-refractivity contribution in [1.29, 1.82) is 0 Å². The molecule has 3 aromatic heterocycles. The van der Waals surface area contributed by atoms with Crippen LogP contribution in [0.4, 0.5) is 20.2 Å². The van der Waals surface area contributed by atoms with Crippen LogP contribution >= 0.6 is 0 Å². The molecule has 1 saturated carbocycles. The van der Waals surface area contributed by atoms with E-state index in [1.807, 2.05) is 17.0 Å². The van der Waals surface area contributed by atoms with Gasteiger partial charge in [0, 0.05) is 104 Å². The second-order valence-corrected chi connectivity index (χ2v) is 17.1. The maximum absolute atomic E-state index is 15.2. The molecule has 5 aromatic rings. The molecule has 14 nitrogen and oxygen atoms in total. The van der Waals surface area contributed by atoms with Crippen LogP contribution in [0.25, 0.3) is 16.6 Å². The second kappa shape index (κ2) is 15.7. The standard InChI is InChI=1S/C43H50F2N10O4/c1-43(2,59)33-23-36-26(20-37(33)48-42(58)32-24-47-54-13-3-12-46-40(32)54)25-55(50-36)29-6-4-27(5-7-29)52-16-18-53(19-17-52)28-10-14-51(15-11-28)30-21-34(44)39(35(45)22-30)31-8-9-38(56)49-41(31)57/h3,12-13,20-25,27-29,31,59H,4-11,14-19H2,1-2H3,(H,48,58)(H,49,56,57)/t27?,29?,31-/m1/s1. The van der Waals surface area contributed by atoms with Crippen molar-refractivity contribution in [2.45, 2.75) is 94.9 Å². The van der Waals surface area contributed by atoms with Gasteiger partial charge < -0.3 is 15.3 Å². The van der Waals surface area contributed by atoms with Crippen molar-refractivity contribution >= 4 is 45.6 Å². The summed E-state index contributed by atoms with van der Waals surface area (Å²) in [4.78, 5) is 48.8. The van der Waals surface area contributed by atoms with Gasteiger partial charge >= 0.3 is 0 Å². The number of halogens is 2. The van der Waals surface area contributed by atoms with E-state index in [1.54, 1.807) is 36.8 Å². The van der Waals surface area contributed by atoms with E-state index >= 15 is 8.78 Å². The predicted octanol–water partition coefficient (Wildman–Crippen LogP) is 5.13. The highest BCUT2D eigenvalue weighted by molar-refractivity contribution is 6.09. The molecule has 0 radical (unpaired) electrons. The third-order valence-corrected chi connectivity index (χ3v) is 13.0. The number of nitrogens with zero attached hydrogens (tertiary/aromatic N) is 8. The highest BCUT2D eigenvalue weighted by Gasteiger charge is 2.35. The van der Waals surface area contributed by atoms with Crippen LogP contribution in [0.5, 0.6) is 0 Å². The molecule has 0 bridgehead atoms. The summed E-state index contributed by atoms with van der Waals surface area (Å²) in [6.07, 6.45) is 13.1. The molecule has 4 fully saturated rings. The van der Waals surface area contributed by atoms with Gasteiger partial charge in [0.25, 0.3) is 5.91 Å². The highest BCUT2D eigenvalue weighted by Crippen LogP contribution is 2.37. The van der Waals surface area contributed by atoms with E-state index in [0.717, 1.165) is 75.6 Å². The van der Waals surface area contributed by atoms with Crippen LogP contribution in [0.1, 0.15) is 98.7 Å². The molecule has 3 N–H and O–H groups in total. The number of rotatable bonds is 8. The Morgan fingerprint density at radius 2 is 1.54 bits per heavy atom. The van der Waals surface area contributed by atoms with Crippen LogP contribution < -0.4 is 15.5 Å². The number of aliphatic hydroxyl groups is 1. The van der Waals surface area contributed by atoms with E-state index in [4.69, 9.17) is 5.10 Å². The number of aromatic nitrogens is 5. The largest absolute Gasteiger partial charge is 0.386 e. The number of anilines is 2. The SMILES string of the molecule is CC(C)(O)c1cc2nn(C3CCC(N4CCN(C5CCN(c6cc(F)c([C@H]7CCC(=O)NC7=O)c(F)c6)CC5)CC4)CC3)cc2cc1NC(=O)c1cnn2cccnc12. The Morgan fingerprint density at radius 1 is 0.881 bits per heavy atom. The monoisotopic (exact) mass is 808 g/mol. The van der Waals surface area contributed by atoms with Crippen molar-refractivity contribution < 1.29 is 28.3 Å². The number of hydrogen-bond acceptors (Lipinski definition) is 10. The molecular formula is C43H50F2N10O4. The molecule has 1 atom stereocenters. The Hall–Kier alpha value is -5.32. The van der Waals surface area contributed by atoms with Crippen LogP contribution in [-0.2, 0) is 15.2 Å². The fraction of sp³-hybridized carbons (Fsp3) is 0.488. The Bertz CT molecular complexity index is 2380. The average molecular weight is 809 g/mol. The third kappa shape index (κ3) is 7.80. The van der Waals surface area contributed by atoms with Crippen LogP contribution in [0.3, 0.4) is 0 Å². The molecule has 3 amide bonds. The van der Waals surface area contributed by atoms with Crippen molar-refractivity contribution in [3.05, 3.63) is 83.4 Å². The van der Waals surface area contributed by atoms with Gasteiger partial charge in [-0.25, -0.2) is 18.3 Å². The van der Waals surface area contributed by atoms with E-state index in [2.05, 4.69) is 41.4 Å². The maximum atomic E-state index is 15.2. The number of hydrogen-bond donors (Lipinski definition) is 3. The van der Waals surface area contributed by atoms with Gasteiger partial charge in [-0.2, -0.15) is 10.2 Å². The van der Waals surface area contributed by atoms with Crippen LogP contribution in [0, 0.1) is 11.6 Å². The van der Waals surface area contributed by atoms with Gasteiger partial charge in [-0.1, -0.05) is 0 Å². The van der Waals surface area contributed by atoms with E-state index in [9.17, 15) is 19.5 Å². The lowest BCUT2D eigenvalue weighted by molar-refractivity contribution is -0.134. The molecule has 0 unspecified atom stereocenters. The molecule has 4 aliphatic rings. The number of carbonyl (C=O) groups is 3. The molecule has 3 saturated heterocycles. The van der Waals surface area contributed by atoms with Crippen LogP contribution in [0.15, 0.2) is 55.1 Å². The lowest BCUT2D eigenvalue weighted by Crippen LogP contribution is -2.55. The van der Waals surface area contributed by atoms with Gasteiger partial charge in [0.1, 0.15) is 17.2 Å². The Balaban J connectivity index is 0.775. The first-order valence-corrected chi connectivity index (χ1v) is 20.8. The number of fused-ring (bicyclic) bond motifs is 2. The quantitative estimate of drug-likeness (QED) is 0.180. The molecular weight excluding hydrogens is 759 g/mol. The van der Waals surface area contributed by atoms with E-state index < -0.39 is 35.0 Å². The van der Waals surface area contributed by atoms with Crippen molar-refractivity contribution in [3.63, 3.8) is 0 Å². The first kappa shape index (κ1) is 39.2. The average Bonchev–Trinajstić information content (AvgIpc) is 3.86. The Morgan fingerprint density at radius 3 is 2.20 bits per heavy atom. The van der Waals surface area contributed by atoms with Gasteiger partial charge in [-0.15, -0.1) is 0 Å². The van der Waals surface area contributed by atoms with Crippen molar-refractivity contribution in [3.8, 4) is 0 Å². The minimum Gasteiger partial charge on any atom is -0.386 e. The van der Waals surface area contributed by atoms with E-state index in [0.29, 0.717) is 53.3 Å². The lowest BCUT2D eigenvalue weighted by atomic mass is 9.89. The number of benzene rings is 2. The van der Waals surface area contributed by atoms with E-state index in [1.165, 1.54) is 18.3 Å². The Labute approximate surface area is 340 Å². The summed E-state index contributed by atoms with van der Waals surface area (Å²) in [5.41, 5.74) is 1.66. The number of piperazine rings is 1. The third-order valence-electron chi connectivity index (χ3n) is 13.0. The topological polar surface area (TPSA) is 153 Å². The molecule has 9 rings (SSSR count). The zero-order valence-corrected chi connectivity index (χ0v) is 33.4. The Kier molecular flexibility index (Phi) is 10.4. The summed E-state index contributed by atoms with van der Waals surface area (Å²) < 4.78 is 34.1. The van der Waals surface area contributed by atoms with Crippen LogP contribution in [-0.4, -0.2) is 108 Å². The first-order chi connectivity index (χ1) is 28.4. The maximum Gasteiger partial charge on any atom is 0.261 e. The summed E-state index contributed by atoms with van der Waals surface area (Å²) in [5, 5.41) is 26.4. The number of amides is 3. The van der Waals surface area contributed by atoms with Gasteiger partial charge in [0.2, 0.25) is 11.8 Å². The summed E-state index contributed by atoms with van der Waals surface area (Å²) >= 11 is 0.